The summed E-state index contributed by atoms with van der Waals surface area (Å²) in [5, 5.41) is 6.53. The summed E-state index contributed by atoms with van der Waals surface area (Å²) in [6.07, 6.45) is 1.44. The highest BCUT2D eigenvalue weighted by Crippen LogP contribution is 2.16. The number of nitrogens with one attached hydrogen (secondary N) is 1. The first kappa shape index (κ1) is 15.0. The van der Waals surface area contributed by atoms with Crippen molar-refractivity contribution in [2.45, 2.75) is 20.4 Å². The Morgan fingerprint density at radius 2 is 1.86 bits per heavy atom. The largest absolute Gasteiger partial charge is 0.372 e. The van der Waals surface area contributed by atoms with E-state index in [1.165, 1.54) is 6.33 Å². The molecular weight excluding hydrogens is 266 g/mol. The van der Waals surface area contributed by atoms with E-state index in [1.54, 1.807) is 11.9 Å². The highest BCUT2D eigenvalue weighted by Gasteiger charge is 2.13. The van der Waals surface area contributed by atoms with Crippen molar-refractivity contribution in [3.05, 3.63) is 42.0 Å². The maximum atomic E-state index is 12.3. The molecule has 1 aromatic carbocycles. The van der Waals surface area contributed by atoms with Gasteiger partial charge < -0.3 is 9.80 Å². The maximum Gasteiger partial charge on any atom is 0.254 e. The lowest BCUT2D eigenvalue weighted by atomic mass is 10.1. The minimum absolute atomic E-state index is 0.0301. The lowest BCUT2D eigenvalue weighted by Gasteiger charge is -2.21. The lowest BCUT2D eigenvalue weighted by molar-refractivity contribution is 0.0781. The quantitative estimate of drug-likeness (QED) is 0.881. The van der Waals surface area contributed by atoms with Crippen LogP contribution >= 0.6 is 0 Å². The van der Waals surface area contributed by atoms with Gasteiger partial charge in [-0.1, -0.05) is 0 Å². The Balaban J connectivity index is 2.05. The van der Waals surface area contributed by atoms with Crippen LogP contribution in [0.25, 0.3) is 0 Å². The number of benzene rings is 1. The zero-order chi connectivity index (χ0) is 15.2. The van der Waals surface area contributed by atoms with E-state index >= 15 is 0 Å². The average molecular weight is 287 g/mol. The standard InChI is InChI=1S/C15H21N5O/c1-4-20(5-2)13-8-6-12(7-9-13)15(21)19(3)10-14-16-11-17-18-14/h6-9,11H,4-5,10H2,1-3H3,(H,16,17,18). The van der Waals surface area contributed by atoms with Gasteiger partial charge in [-0.05, 0) is 38.1 Å². The fourth-order valence-corrected chi connectivity index (χ4v) is 2.23. The summed E-state index contributed by atoms with van der Waals surface area (Å²) in [5.74, 6) is 0.642. The molecule has 0 saturated carbocycles. The van der Waals surface area contributed by atoms with Crippen molar-refractivity contribution in [3.63, 3.8) is 0 Å². The smallest absolute Gasteiger partial charge is 0.254 e. The van der Waals surface area contributed by atoms with E-state index in [-0.39, 0.29) is 5.91 Å². The minimum atomic E-state index is -0.0301. The van der Waals surface area contributed by atoms with E-state index in [2.05, 4.69) is 33.9 Å². The number of aromatic nitrogens is 3. The van der Waals surface area contributed by atoms with Crippen molar-refractivity contribution in [3.8, 4) is 0 Å². The second-order valence-electron chi connectivity index (χ2n) is 4.81. The van der Waals surface area contributed by atoms with Crippen LogP contribution in [0.5, 0.6) is 0 Å². The molecule has 1 heterocycles. The number of aromatic amines is 1. The summed E-state index contributed by atoms with van der Waals surface area (Å²) in [6.45, 7) is 6.56. The zero-order valence-electron chi connectivity index (χ0n) is 12.7. The summed E-state index contributed by atoms with van der Waals surface area (Å²) in [5.41, 5.74) is 1.81. The van der Waals surface area contributed by atoms with Gasteiger partial charge in [0.2, 0.25) is 0 Å². The Bertz CT molecular complexity index is 560. The monoisotopic (exact) mass is 287 g/mol. The fourth-order valence-electron chi connectivity index (χ4n) is 2.23. The second-order valence-corrected chi connectivity index (χ2v) is 4.81. The number of anilines is 1. The van der Waals surface area contributed by atoms with Crippen molar-refractivity contribution in [1.29, 1.82) is 0 Å². The molecule has 0 aliphatic rings. The van der Waals surface area contributed by atoms with Gasteiger partial charge in [-0.25, -0.2) is 4.98 Å². The molecule has 0 unspecified atom stereocenters. The minimum Gasteiger partial charge on any atom is -0.372 e. The van der Waals surface area contributed by atoms with Crippen LogP contribution in [-0.2, 0) is 6.54 Å². The molecule has 21 heavy (non-hydrogen) atoms. The third-order valence-electron chi connectivity index (χ3n) is 3.44. The van der Waals surface area contributed by atoms with Crippen LogP contribution in [0.2, 0.25) is 0 Å². The number of hydrogen-bond acceptors (Lipinski definition) is 4. The molecule has 0 atom stereocenters. The predicted octanol–water partition coefficient (Wildman–Crippen LogP) is 1.92. The van der Waals surface area contributed by atoms with Gasteiger partial charge in [-0.3, -0.25) is 9.89 Å². The first-order chi connectivity index (χ1) is 10.2. The molecule has 2 rings (SSSR count). The lowest BCUT2D eigenvalue weighted by Crippen LogP contribution is -2.27. The molecule has 0 bridgehead atoms. The van der Waals surface area contributed by atoms with Crippen LogP contribution in [0, 0.1) is 0 Å². The van der Waals surface area contributed by atoms with Crippen LogP contribution in [-0.4, -0.2) is 46.1 Å². The molecule has 1 amide bonds. The highest BCUT2D eigenvalue weighted by atomic mass is 16.2. The first-order valence-electron chi connectivity index (χ1n) is 7.10. The molecule has 0 aliphatic heterocycles. The third-order valence-corrected chi connectivity index (χ3v) is 3.44. The van der Waals surface area contributed by atoms with Crippen molar-refractivity contribution >= 4 is 11.6 Å². The van der Waals surface area contributed by atoms with E-state index in [0.29, 0.717) is 17.9 Å². The number of rotatable bonds is 6. The van der Waals surface area contributed by atoms with E-state index in [0.717, 1.165) is 18.8 Å². The Kier molecular flexibility index (Phi) is 4.92. The normalized spacial score (nSPS) is 10.4. The number of hydrogen-bond donors (Lipinski definition) is 1. The van der Waals surface area contributed by atoms with E-state index in [9.17, 15) is 4.79 Å². The van der Waals surface area contributed by atoms with Gasteiger partial charge in [0.25, 0.3) is 5.91 Å². The van der Waals surface area contributed by atoms with Gasteiger partial charge in [0.05, 0.1) is 6.54 Å². The Morgan fingerprint density at radius 1 is 1.19 bits per heavy atom. The molecule has 0 saturated heterocycles. The molecular formula is C15H21N5O. The predicted molar refractivity (Wildman–Crippen MR) is 82.2 cm³/mol. The molecule has 0 radical (unpaired) electrons. The van der Waals surface area contributed by atoms with Gasteiger partial charge in [-0.2, -0.15) is 5.10 Å². The number of H-pyrrole nitrogens is 1. The van der Waals surface area contributed by atoms with Gasteiger partial charge in [0.15, 0.2) is 0 Å². The fraction of sp³-hybridized carbons (Fsp3) is 0.400. The molecule has 6 nitrogen and oxygen atoms in total. The van der Waals surface area contributed by atoms with Crippen LogP contribution in [0.3, 0.4) is 0 Å². The van der Waals surface area contributed by atoms with Gasteiger partial charge in [0.1, 0.15) is 12.2 Å². The van der Waals surface area contributed by atoms with Crippen molar-refractivity contribution in [2.75, 3.05) is 25.0 Å². The SMILES string of the molecule is CCN(CC)c1ccc(C(=O)N(C)Cc2ncn[nH]2)cc1. The molecule has 112 valence electrons. The molecule has 2 aromatic rings. The van der Waals surface area contributed by atoms with Gasteiger partial charge in [-0.15, -0.1) is 0 Å². The Hall–Kier alpha value is -2.37. The summed E-state index contributed by atoms with van der Waals surface area (Å²) >= 11 is 0. The second kappa shape index (κ2) is 6.88. The number of carbonyl (C=O) groups is 1. The van der Waals surface area contributed by atoms with E-state index in [4.69, 9.17) is 0 Å². The highest BCUT2D eigenvalue weighted by molar-refractivity contribution is 5.94. The molecule has 0 fully saturated rings. The van der Waals surface area contributed by atoms with Gasteiger partial charge in [0, 0.05) is 31.4 Å². The zero-order valence-corrected chi connectivity index (χ0v) is 12.7. The maximum absolute atomic E-state index is 12.3. The summed E-state index contributed by atoms with van der Waals surface area (Å²) in [7, 11) is 1.75. The molecule has 1 N–H and O–H groups in total. The molecule has 1 aromatic heterocycles. The Labute approximate surface area is 124 Å². The van der Waals surface area contributed by atoms with Crippen LogP contribution in [0.1, 0.15) is 30.0 Å². The van der Waals surface area contributed by atoms with E-state index < -0.39 is 0 Å². The van der Waals surface area contributed by atoms with Crippen molar-refractivity contribution in [1.82, 2.24) is 20.1 Å². The number of amides is 1. The number of nitrogens with zero attached hydrogens (tertiary/aromatic N) is 4. The Morgan fingerprint density at radius 3 is 2.38 bits per heavy atom. The average Bonchev–Trinajstić information content (AvgIpc) is 3.01. The van der Waals surface area contributed by atoms with Gasteiger partial charge >= 0.3 is 0 Å². The topological polar surface area (TPSA) is 65.1 Å². The number of carbonyl (C=O) groups excluding carboxylic acids is 1. The van der Waals surface area contributed by atoms with Crippen LogP contribution in [0.15, 0.2) is 30.6 Å². The first-order valence-corrected chi connectivity index (χ1v) is 7.10. The van der Waals surface area contributed by atoms with Crippen molar-refractivity contribution in [2.24, 2.45) is 0 Å². The molecule has 0 spiro atoms. The summed E-state index contributed by atoms with van der Waals surface area (Å²) in [6, 6.07) is 7.71. The summed E-state index contributed by atoms with van der Waals surface area (Å²) in [4.78, 5) is 20.2. The summed E-state index contributed by atoms with van der Waals surface area (Å²) < 4.78 is 0. The van der Waals surface area contributed by atoms with Crippen molar-refractivity contribution < 1.29 is 4.79 Å². The molecule has 0 aliphatic carbocycles. The van der Waals surface area contributed by atoms with E-state index in [1.807, 2.05) is 24.3 Å². The molecule has 6 heteroatoms. The van der Waals surface area contributed by atoms with Crippen LogP contribution < -0.4 is 4.90 Å². The van der Waals surface area contributed by atoms with Crippen LogP contribution in [0.4, 0.5) is 5.69 Å². The third kappa shape index (κ3) is 3.59.